The first kappa shape index (κ1) is 28.8. The van der Waals surface area contributed by atoms with Crippen LogP contribution < -0.4 is 0 Å². The first-order valence-electron chi connectivity index (χ1n) is 16.3. The maximum Gasteiger partial charge on any atom is 0.101 e. The second kappa shape index (κ2) is 11.4. The Morgan fingerprint density at radius 3 is 1.58 bits per heavy atom. The van der Waals surface area contributed by atoms with Gasteiger partial charge in [0.05, 0.1) is 56.6 Å². The minimum absolute atomic E-state index is 0.563. The summed E-state index contributed by atoms with van der Waals surface area (Å²) in [5.41, 5.74) is 11.7. The lowest BCUT2D eigenvalue weighted by Gasteiger charge is -2.17. The zero-order valence-corrected chi connectivity index (χ0v) is 26.7. The van der Waals surface area contributed by atoms with Gasteiger partial charge in [-0.25, -0.2) is 0 Å². The van der Waals surface area contributed by atoms with E-state index < -0.39 is 0 Å². The van der Waals surface area contributed by atoms with E-state index in [1.807, 2.05) is 72.8 Å². The van der Waals surface area contributed by atoms with Crippen LogP contribution in [0.3, 0.4) is 0 Å². The first-order valence-corrected chi connectivity index (χ1v) is 16.3. The highest BCUT2D eigenvalue weighted by atomic mass is 15.0. The van der Waals surface area contributed by atoms with Crippen molar-refractivity contribution in [2.75, 3.05) is 0 Å². The molecular weight excluding hydrogens is 611 g/mol. The van der Waals surface area contributed by atoms with Crippen molar-refractivity contribution in [3.63, 3.8) is 0 Å². The third-order valence-corrected chi connectivity index (χ3v) is 9.59. The molecule has 2 heterocycles. The van der Waals surface area contributed by atoms with Crippen molar-refractivity contribution >= 4 is 43.6 Å². The predicted octanol–water partition coefficient (Wildman–Crippen LogP) is 10.8. The summed E-state index contributed by atoms with van der Waals surface area (Å²) < 4.78 is 4.42. The molecule has 0 aliphatic carbocycles. The average molecular weight is 636 g/mol. The van der Waals surface area contributed by atoms with E-state index in [0.717, 1.165) is 77.2 Å². The van der Waals surface area contributed by atoms with Gasteiger partial charge in [0.1, 0.15) is 6.07 Å². The van der Waals surface area contributed by atoms with E-state index in [2.05, 4.69) is 106 Å². The Bertz CT molecular complexity index is 2970. The lowest BCUT2D eigenvalue weighted by molar-refractivity contribution is 1.17. The number of hydrogen-bond donors (Lipinski definition) is 0. The molecule has 0 unspecified atom stereocenters. The van der Waals surface area contributed by atoms with Crippen molar-refractivity contribution in [2.45, 2.75) is 0 Å². The van der Waals surface area contributed by atoms with Gasteiger partial charge in [0.2, 0.25) is 0 Å². The van der Waals surface area contributed by atoms with Crippen molar-refractivity contribution in [1.82, 2.24) is 9.13 Å². The van der Waals surface area contributed by atoms with Crippen molar-refractivity contribution in [1.29, 1.82) is 15.8 Å². The zero-order valence-electron chi connectivity index (χ0n) is 26.7. The van der Waals surface area contributed by atoms with Gasteiger partial charge < -0.3 is 9.13 Å². The van der Waals surface area contributed by atoms with Crippen LogP contribution in [0.25, 0.3) is 77.2 Å². The van der Waals surface area contributed by atoms with Crippen LogP contribution in [0.1, 0.15) is 16.7 Å². The van der Waals surface area contributed by atoms with E-state index in [9.17, 15) is 15.8 Å². The van der Waals surface area contributed by atoms with Crippen LogP contribution in [0, 0.1) is 34.0 Å². The Balaban J connectivity index is 1.22. The summed E-state index contributed by atoms with van der Waals surface area (Å²) in [5.74, 6) is 0. The number of aromatic nitrogens is 2. The largest absolute Gasteiger partial charge is 0.309 e. The highest BCUT2D eigenvalue weighted by Crippen LogP contribution is 2.39. The summed E-state index contributed by atoms with van der Waals surface area (Å²) in [7, 11) is 0. The molecule has 0 aliphatic rings. The second-order valence-corrected chi connectivity index (χ2v) is 12.3. The van der Waals surface area contributed by atoms with Gasteiger partial charge in [-0.2, -0.15) is 15.8 Å². The molecule has 0 atom stereocenters. The zero-order chi connectivity index (χ0) is 33.8. The molecule has 0 saturated heterocycles. The quantitative estimate of drug-likeness (QED) is 0.193. The first-order chi connectivity index (χ1) is 24.7. The normalized spacial score (nSPS) is 11.1. The summed E-state index contributed by atoms with van der Waals surface area (Å²) in [6, 6.07) is 57.9. The summed E-state index contributed by atoms with van der Waals surface area (Å²) in [6.07, 6.45) is 0. The van der Waals surface area contributed by atoms with Crippen LogP contribution in [0.2, 0.25) is 0 Å². The van der Waals surface area contributed by atoms with Crippen LogP contribution in [0.4, 0.5) is 0 Å². The number of para-hydroxylation sites is 3. The van der Waals surface area contributed by atoms with Crippen molar-refractivity contribution < 1.29 is 0 Å². The molecule has 2 aromatic heterocycles. The lowest BCUT2D eigenvalue weighted by Crippen LogP contribution is -2.01. The van der Waals surface area contributed by atoms with Gasteiger partial charge in [0, 0.05) is 32.8 Å². The van der Waals surface area contributed by atoms with E-state index >= 15 is 0 Å². The predicted molar refractivity (Wildman–Crippen MR) is 200 cm³/mol. The number of benzene rings is 7. The molecule has 0 bridgehead atoms. The molecule has 50 heavy (non-hydrogen) atoms. The van der Waals surface area contributed by atoms with Crippen molar-refractivity contribution in [2.24, 2.45) is 0 Å². The minimum Gasteiger partial charge on any atom is -0.309 e. The summed E-state index contributed by atoms with van der Waals surface area (Å²) in [5, 5.41) is 33.8. The standard InChI is InChI=1S/C45H25N5/c46-26-29-18-20-43-39(22-29)37-13-1-3-16-41(37)49(43)35-12-6-9-32(25-35)31-8-5-10-33(24-31)36-15-7-11-34(28-48)45(36)50-42-17-4-2-14-38(42)40-23-30(27-47)19-21-44(40)50/h1-25H. The molecule has 5 nitrogen and oxygen atoms in total. The Kier molecular flexibility index (Phi) is 6.56. The molecule has 0 radical (unpaired) electrons. The molecular formula is C45H25N5. The number of nitriles is 3. The SMILES string of the molecule is N#Cc1ccc2c(c1)c1ccccc1n2-c1cccc(-c2cccc(-c3cccc(C#N)c3-n3c4ccccc4c4cc(C#N)ccc43)c2)c1. The Morgan fingerprint density at radius 1 is 0.380 bits per heavy atom. The number of nitrogens with zero attached hydrogens (tertiary/aromatic N) is 5. The molecule has 0 aliphatic heterocycles. The molecule has 0 N–H and O–H groups in total. The van der Waals surface area contributed by atoms with E-state index in [4.69, 9.17) is 0 Å². The van der Waals surface area contributed by atoms with E-state index in [1.165, 1.54) is 0 Å². The van der Waals surface area contributed by atoms with Gasteiger partial charge in [-0.3, -0.25) is 0 Å². The third-order valence-electron chi connectivity index (χ3n) is 9.59. The molecule has 7 aromatic carbocycles. The molecule has 0 fully saturated rings. The van der Waals surface area contributed by atoms with Gasteiger partial charge in [-0.15, -0.1) is 0 Å². The smallest absolute Gasteiger partial charge is 0.101 e. The fraction of sp³-hybridized carbons (Fsp3) is 0. The monoisotopic (exact) mass is 635 g/mol. The highest BCUT2D eigenvalue weighted by Gasteiger charge is 2.20. The Labute approximate surface area is 287 Å². The summed E-state index contributed by atoms with van der Waals surface area (Å²) in [4.78, 5) is 0. The minimum atomic E-state index is 0.563. The van der Waals surface area contributed by atoms with Crippen molar-refractivity contribution in [3.05, 3.63) is 168 Å². The topological polar surface area (TPSA) is 81.2 Å². The molecule has 0 amide bonds. The van der Waals surface area contributed by atoms with Crippen LogP contribution in [-0.4, -0.2) is 9.13 Å². The lowest BCUT2D eigenvalue weighted by atomic mass is 9.96. The maximum absolute atomic E-state index is 10.4. The van der Waals surface area contributed by atoms with Crippen LogP contribution in [-0.2, 0) is 0 Å². The maximum atomic E-state index is 10.4. The molecule has 0 saturated carbocycles. The molecule has 9 aromatic rings. The molecule has 230 valence electrons. The van der Waals surface area contributed by atoms with Crippen LogP contribution >= 0.6 is 0 Å². The number of rotatable bonds is 4. The Hall–Kier alpha value is -7.39. The number of fused-ring (bicyclic) bond motifs is 6. The van der Waals surface area contributed by atoms with Crippen LogP contribution in [0.5, 0.6) is 0 Å². The van der Waals surface area contributed by atoms with E-state index in [1.54, 1.807) is 0 Å². The van der Waals surface area contributed by atoms with Gasteiger partial charge >= 0.3 is 0 Å². The molecule has 0 spiro atoms. The highest BCUT2D eigenvalue weighted by molar-refractivity contribution is 6.11. The van der Waals surface area contributed by atoms with E-state index in [0.29, 0.717) is 16.7 Å². The van der Waals surface area contributed by atoms with Gasteiger partial charge in [0.15, 0.2) is 0 Å². The molecule has 9 rings (SSSR count). The summed E-state index contributed by atoms with van der Waals surface area (Å²) in [6.45, 7) is 0. The second-order valence-electron chi connectivity index (χ2n) is 12.3. The Morgan fingerprint density at radius 2 is 0.920 bits per heavy atom. The fourth-order valence-electron chi connectivity index (χ4n) is 7.40. The summed E-state index contributed by atoms with van der Waals surface area (Å²) >= 11 is 0. The van der Waals surface area contributed by atoms with Crippen molar-refractivity contribution in [3.8, 4) is 51.8 Å². The third kappa shape index (κ3) is 4.38. The van der Waals surface area contributed by atoms with Gasteiger partial charge in [-0.1, -0.05) is 78.9 Å². The number of hydrogen-bond acceptors (Lipinski definition) is 3. The van der Waals surface area contributed by atoms with Gasteiger partial charge in [0.25, 0.3) is 0 Å². The average Bonchev–Trinajstić information content (AvgIpc) is 3.69. The van der Waals surface area contributed by atoms with Gasteiger partial charge in [-0.05, 0) is 89.5 Å². The van der Waals surface area contributed by atoms with E-state index in [-0.39, 0.29) is 0 Å². The molecule has 5 heteroatoms. The fourth-order valence-corrected chi connectivity index (χ4v) is 7.40. The van der Waals surface area contributed by atoms with Crippen LogP contribution in [0.15, 0.2) is 152 Å².